The van der Waals surface area contributed by atoms with Crippen molar-refractivity contribution in [3.8, 4) is 16.8 Å². The molecule has 0 spiro atoms. The minimum Gasteiger partial charge on any atom is -0.311 e. The van der Waals surface area contributed by atoms with Crippen molar-refractivity contribution in [1.82, 2.24) is 4.57 Å². The molecule has 70 heavy (non-hydrogen) atoms. The average molecular weight is 893 g/mol. The zero-order valence-electron chi connectivity index (χ0n) is 38.7. The number of para-hydroxylation sites is 3. The predicted molar refractivity (Wildman–Crippen MR) is 290 cm³/mol. The number of hydrogen-bond acceptors (Lipinski definition) is 1. The zero-order chi connectivity index (χ0) is 46.2. The van der Waals surface area contributed by atoms with Gasteiger partial charge in [-0.05, 0) is 128 Å². The second-order valence-electron chi connectivity index (χ2n) is 19.1. The van der Waals surface area contributed by atoms with Crippen LogP contribution in [0.3, 0.4) is 0 Å². The van der Waals surface area contributed by atoms with Gasteiger partial charge in [0.1, 0.15) is 0 Å². The Labute approximate surface area is 409 Å². The highest BCUT2D eigenvalue weighted by atomic mass is 15.1. The molecule has 0 fully saturated rings. The lowest BCUT2D eigenvalue weighted by Crippen LogP contribution is -2.44. The smallest absolute Gasteiger partial charge is 0.0720 e. The third-order valence-corrected chi connectivity index (χ3v) is 15.7. The van der Waals surface area contributed by atoms with Gasteiger partial charge in [-0.2, -0.15) is 0 Å². The van der Waals surface area contributed by atoms with E-state index < -0.39 is 10.8 Å². The molecule has 3 aliphatic rings. The van der Waals surface area contributed by atoms with E-state index in [1.54, 1.807) is 0 Å². The number of allylic oxidation sites excluding steroid dienone is 3. The van der Waals surface area contributed by atoms with Gasteiger partial charge in [-0.1, -0.05) is 212 Å². The molecular weight excluding hydrogens is 845 g/mol. The second-order valence-corrected chi connectivity index (χ2v) is 19.1. The predicted octanol–water partition coefficient (Wildman–Crippen LogP) is 16.6. The first-order valence-electron chi connectivity index (χ1n) is 24.6. The Hall–Kier alpha value is -8.72. The van der Waals surface area contributed by atoms with Crippen LogP contribution in [0.2, 0.25) is 0 Å². The standard InChI is InChI=1S/C68H48N2/c1-5-20-49(21-6-1)67(61-32-16-17-33-62(61)68(50-22-7-2-8-23-50)60-31-15-13-28-56(60)58-30-19-34-63(67)66(58)68)51-39-43-55(44-40-51)69(52-24-9-3-10-25-52)54-41-36-47(37-42-54)48-38-45-65-59(46-48)57-29-14-18-35-64(57)70(65)53-26-11-4-12-27-53/h1-36,38-47H,37H2. The van der Waals surface area contributed by atoms with Gasteiger partial charge in [0.15, 0.2) is 0 Å². The third kappa shape index (κ3) is 5.74. The SMILES string of the molecule is C1=CC(c2ccc3c(c2)c2ccccc2n3-c2ccccc2)CC=C1N(c1ccccc1)c1ccc(C2(c3ccccc3)c3ccccc3C3(c4ccccc4)c4ccccc4-c4cccc2c43)cc1. The number of rotatable bonds is 8. The van der Waals surface area contributed by atoms with Crippen LogP contribution in [0.5, 0.6) is 0 Å². The number of aromatic nitrogens is 1. The lowest BCUT2D eigenvalue weighted by molar-refractivity contribution is 0.626. The summed E-state index contributed by atoms with van der Waals surface area (Å²) in [5.41, 5.74) is 20.4. The highest BCUT2D eigenvalue weighted by Crippen LogP contribution is 2.65. The highest BCUT2D eigenvalue weighted by Gasteiger charge is 2.57. The largest absolute Gasteiger partial charge is 0.311 e. The van der Waals surface area contributed by atoms with Crippen LogP contribution >= 0.6 is 0 Å². The molecule has 1 heterocycles. The van der Waals surface area contributed by atoms with E-state index in [1.165, 1.54) is 94.4 Å². The zero-order valence-corrected chi connectivity index (χ0v) is 38.7. The van der Waals surface area contributed by atoms with E-state index in [0.717, 1.165) is 17.8 Å². The van der Waals surface area contributed by atoms with Gasteiger partial charge in [0.2, 0.25) is 0 Å². The quantitative estimate of drug-likeness (QED) is 0.148. The monoisotopic (exact) mass is 892 g/mol. The van der Waals surface area contributed by atoms with Crippen LogP contribution in [0.25, 0.3) is 38.6 Å². The van der Waals surface area contributed by atoms with Crippen molar-refractivity contribution < 1.29 is 0 Å². The number of anilines is 2. The minimum atomic E-state index is -0.606. The van der Waals surface area contributed by atoms with Gasteiger partial charge in [0.25, 0.3) is 0 Å². The highest BCUT2D eigenvalue weighted by molar-refractivity contribution is 6.09. The van der Waals surface area contributed by atoms with E-state index in [1.807, 2.05) is 0 Å². The fourth-order valence-corrected chi connectivity index (χ4v) is 12.8. The summed E-state index contributed by atoms with van der Waals surface area (Å²) in [6.45, 7) is 0. The molecule has 3 atom stereocenters. The van der Waals surface area contributed by atoms with E-state index in [4.69, 9.17) is 0 Å². The van der Waals surface area contributed by atoms with Crippen molar-refractivity contribution in [2.75, 3.05) is 4.90 Å². The van der Waals surface area contributed by atoms with Gasteiger partial charge in [-0.3, -0.25) is 0 Å². The molecule has 0 N–H and O–H groups in total. The summed E-state index contributed by atoms with van der Waals surface area (Å²) in [4.78, 5) is 2.43. The number of benzene rings is 10. The van der Waals surface area contributed by atoms with Crippen molar-refractivity contribution in [2.45, 2.75) is 23.2 Å². The first-order valence-corrected chi connectivity index (χ1v) is 24.6. The Morgan fingerprint density at radius 1 is 0.400 bits per heavy atom. The van der Waals surface area contributed by atoms with E-state index in [-0.39, 0.29) is 5.92 Å². The second kappa shape index (κ2) is 15.9. The Bertz CT molecular complexity index is 3850. The molecule has 0 bridgehead atoms. The third-order valence-electron chi connectivity index (χ3n) is 15.7. The first-order chi connectivity index (χ1) is 34.7. The van der Waals surface area contributed by atoms with Crippen LogP contribution in [0.15, 0.2) is 279 Å². The van der Waals surface area contributed by atoms with Crippen LogP contribution < -0.4 is 4.90 Å². The van der Waals surface area contributed by atoms with Crippen LogP contribution in [0.4, 0.5) is 11.4 Å². The van der Waals surface area contributed by atoms with Gasteiger partial charge in [-0.25, -0.2) is 0 Å². The molecule has 3 unspecified atom stereocenters. The van der Waals surface area contributed by atoms with E-state index in [2.05, 4.69) is 282 Å². The number of nitrogens with zero attached hydrogens (tertiary/aromatic N) is 2. The van der Waals surface area contributed by atoms with Crippen LogP contribution in [-0.4, -0.2) is 4.57 Å². The topological polar surface area (TPSA) is 8.17 Å². The summed E-state index contributed by atoms with van der Waals surface area (Å²) < 4.78 is 2.39. The van der Waals surface area contributed by atoms with E-state index in [9.17, 15) is 0 Å². The normalized spacial score (nSPS) is 18.5. The van der Waals surface area contributed by atoms with Crippen LogP contribution in [0.1, 0.15) is 62.4 Å². The minimum absolute atomic E-state index is 0.255. The molecule has 1 aromatic heterocycles. The van der Waals surface area contributed by atoms with Gasteiger partial charge in [-0.15, -0.1) is 0 Å². The summed E-state index contributed by atoms with van der Waals surface area (Å²) in [6, 6.07) is 94.9. The molecule has 330 valence electrons. The summed E-state index contributed by atoms with van der Waals surface area (Å²) in [6.07, 6.45) is 8.08. The fourth-order valence-electron chi connectivity index (χ4n) is 12.8. The van der Waals surface area contributed by atoms with Crippen LogP contribution in [-0.2, 0) is 10.8 Å². The average Bonchev–Trinajstić information content (AvgIpc) is 3.95. The molecule has 0 amide bonds. The Morgan fingerprint density at radius 3 is 1.66 bits per heavy atom. The summed E-state index contributed by atoms with van der Waals surface area (Å²) >= 11 is 0. The molecule has 14 rings (SSSR count). The van der Waals surface area contributed by atoms with Crippen molar-refractivity contribution >= 4 is 33.2 Å². The lowest BCUT2D eigenvalue weighted by Gasteiger charge is -2.49. The van der Waals surface area contributed by atoms with Crippen molar-refractivity contribution in [1.29, 1.82) is 0 Å². The molecule has 10 aromatic carbocycles. The first kappa shape index (κ1) is 40.4. The maximum absolute atomic E-state index is 2.43. The van der Waals surface area contributed by atoms with Gasteiger partial charge >= 0.3 is 0 Å². The molecule has 0 radical (unpaired) electrons. The lowest BCUT2D eigenvalue weighted by atomic mass is 9.52. The molecule has 2 heteroatoms. The van der Waals surface area contributed by atoms with Crippen molar-refractivity contribution in [2.24, 2.45) is 0 Å². The summed E-state index contributed by atoms with van der Waals surface area (Å²) in [5, 5.41) is 2.57. The maximum atomic E-state index is 2.43. The summed E-state index contributed by atoms with van der Waals surface area (Å²) in [5.74, 6) is 0.255. The van der Waals surface area contributed by atoms with E-state index >= 15 is 0 Å². The van der Waals surface area contributed by atoms with Crippen molar-refractivity contribution in [3.05, 3.63) is 329 Å². The Balaban J connectivity index is 0.891. The number of hydrogen-bond donors (Lipinski definition) is 0. The fraction of sp³-hybridized carbons (Fsp3) is 0.0588. The van der Waals surface area contributed by atoms with Gasteiger partial charge < -0.3 is 9.47 Å². The van der Waals surface area contributed by atoms with Gasteiger partial charge in [0, 0.05) is 39.4 Å². The molecule has 3 aliphatic carbocycles. The molecular formula is C68H48N2. The Morgan fingerprint density at radius 2 is 0.943 bits per heavy atom. The van der Waals surface area contributed by atoms with Gasteiger partial charge in [0.05, 0.1) is 21.9 Å². The molecule has 0 saturated carbocycles. The number of fused-ring (bicyclic) bond motifs is 8. The molecule has 11 aromatic rings. The Kier molecular flexibility index (Phi) is 9.19. The summed E-state index contributed by atoms with van der Waals surface area (Å²) in [7, 11) is 0. The van der Waals surface area contributed by atoms with Crippen molar-refractivity contribution in [3.63, 3.8) is 0 Å². The molecule has 0 aliphatic heterocycles. The molecule has 0 saturated heterocycles. The van der Waals surface area contributed by atoms with Crippen LogP contribution in [0, 0.1) is 0 Å². The maximum Gasteiger partial charge on any atom is 0.0720 e. The van der Waals surface area contributed by atoms with E-state index in [0.29, 0.717) is 0 Å². The molecule has 2 nitrogen and oxygen atoms in total.